The maximum Gasteiger partial charge on any atom is 0.238 e. The van der Waals surface area contributed by atoms with Crippen molar-refractivity contribution in [3.8, 4) is 0 Å². The number of fused-ring (bicyclic) bond motifs is 1. The summed E-state index contributed by atoms with van der Waals surface area (Å²) in [6.07, 6.45) is 3.07. The van der Waals surface area contributed by atoms with Gasteiger partial charge < -0.3 is 5.73 Å². The Morgan fingerprint density at radius 3 is 2.95 bits per heavy atom. The lowest BCUT2D eigenvalue weighted by Gasteiger charge is -2.06. The van der Waals surface area contributed by atoms with Gasteiger partial charge in [0.15, 0.2) is 5.13 Å². The van der Waals surface area contributed by atoms with Crippen molar-refractivity contribution in [2.24, 2.45) is 0 Å². The molecule has 0 spiro atoms. The number of rotatable bonds is 4. The van der Waals surface area contributed by atoms with E-state index in [0.717, 1.165) is 25.0 Å². The molecule has 0 saturated carbocycles. The van der Waals surface area contributed by atoms with Crippen LogP contribution in [0.1, 0.15) is 22.6 Å². The highest BCUT2D eigenvalue weighted by atomic mass is 32.2. The van der Waals surface area contributed by atoms with Gasteiger partial charge in [-0.1, -0.05) is 12.1 Å². The molecule has 7 heteroatoms. The molecule has 1 heterocycles. The average Bonchev–Trinajstić information content (AvgIpc) is 2.87. The van der Waals surface area contributed by atoms with E-state index >= 15 is 0 Å². The summed E-state index contributed by atoms with van der Waals surface area (Å²) in [4.78, 5) is 5.54. The topological polar surface area (TPSA) is 85.1 Å². The van der Waals surface area contributed by atoms with Crippen molar-refractivity contribution in [3.63, 3.8) is 0 Å². The average molecular weight is 309 g/mol. The zero-order valence-electron chi connectivity index (χ0n) is 10.8. The fraction of sp³-hybridized carbons (Fsp3) is 0.308. The second kappa shape index (κ2) is 5.06. The molecule has 0 unspecified atom stereocenters. The predicted molar refractivity (Wildman–Crippen MR) is 81.2 cm³/mol. The highest BCUT2D eigenvalue weighted by Crippen LogP contribution is 2.31. The maximum absolute atomic E-state index is 12.1. The largest absolute Gasteiger partial charge is 0.399 e. The lowest BCUT2D eigenvalue weighted by Crippen LogP contribution is -2.15. The van der Waals surface area contributed by atoms with Gasteiger partial charge in [0.05, 0.1) is 11.4 Å². The molecule has 3 N–H and O–H groups in total. The van der Waals surface area contributed by atoms with Crippen molar-refractivity contribution in [1.29, 1.82) is 0 Å². The minimum Gasteiger partial charge on any atom is -0.399 e. The van der Waals surface area contributed by atoms with Crippen LogP contribution >= 0.6 is 11.3 Å². The Kier molecular flexibility index (Phi) is 3.39. The molecule has 5 nitrogen and oxygen atoms in total. The van der Waals surface area contributed by atoms with Crippen LogP contribution in [0, 0.1) is 0 Å². The molecule has 3 rings (SSSR count). The zero-order chi connectivity index (χ0) is 14.2. The Bertz CT molecular complexity index is 716. The van der Waals surface area contributed by atoms with E-state index in [1.807, 2.05) is 0 Å². The molecule has 0 fully saturated rings. The summed E-state index contributed by atoms with van der Waals surface area (Å²) in [5, 5.41) is 0.471. The number of hydrogen-bond acceptors (Lipinski definition) is 5. The fourth-order valence-electron chi connectivity index (χ4n) is 2.31. The highest BCUT2D eigenvalue weighted by Gasteiger charge is 2.20. The molecule has 0 amide bonds. The molecule has 1 aliphatic rings. The third-order valence-electron chi connectivity index (χ3n) is 3.15. The van der Waals surface area contributed by atoms with Crippen molar-refractivity contribution in [1.82, 2.24) is 4.98 Å². The molecule has 1 aliphatic carbocycles. The normalized spacial score (nSPS) is 14.2. The van der Waals surface area contributed by atoms with Crippen molar-refractivity contribution in [2.75, 3.05) is 10.5 Å². The van der Waals surface area contributed by atoms with Gasteiger partial charge in [-0.05, 0) is 37.0 Å². The number of anilines is 2. The summed E-state index contributed by atoms with van der Waals surface area (Å²) in [5.41, 5.74) is 7.92. The van der Waals surface area contributed by atoms with E-state index in [-0.39, 0.29) is 5.75 Å². The first kappa shape index (κ1) is 13.4. The van der Waals surface area contributed by atoms with E-state index in [1.165, 1.54) is 16.2 Å². The number of aromatic nitrogens is 1. The summed E-state index contributed by atoms with van der Waals surface area (Å²) in [5.74, 6) is -0.0950. The van der Waals surface area contributed by atoms with E-state index in [9.17, 15) is 8.42 Å². The molecule has 0 atom stereocenters. The summed E-state index contributed by atoms with van der Waals surface area (Å²) < 4.78 is 26.8. The molecule has 0 saturated heterocycles. The number of hydrogen-bond donors (Lipinski definition) is 2. The van der Waals surface area contributed by atoms with Gasteiger partial charge in [-0.25, -0.2) is 13.4 Å². The molecule has 0 radical (unpaired) electrons. The Hall–Kier alpha value is -1.60. The lowest BCUT2D eigenvalue weighted by molar-refractivity contribution is 0.600. The maximum atomic E-state index is 12.1. The second-order valence-corrected chi connectivity index (χ2v) is 7.65. The van der Waals surface area contributed by atoms with E-state index in [0.29, 0.717) is 16.4 Å². The standard InChI is InChI=1S/C13H15N3O2S2/c14-10-4-1-3-9(7-10)8-20(17,18)16-13-15-11-5-2-6-12(11)19-13/h1,3-4,7H,2,5-6,8,14H2,(H,15,16). The van der Waals surface area contributed by atoms with Crippen LogP contribution in [0.15, 0.2) is 24.3 Å². The molecular formula is C13H15N3O2S2. The molecule has 106 valence electrons. The Labute approximate surface area is 121 Å². The van der Waals surface area contributed by atoms with Crippen LogP contribution < -0.4 is 10.5 Å². The minimum absolute atomic E-state index is 0.0950. The van der Waals surface area contributed by atoms with Gasteiger partial charge in [0.1, 0.15) is 0 Å². The monoisotopic (exact) mass is 309 g/mol. The van der Waals surface area contributed by atoms with Crippen molar-refractivity contribution >= 4 is 32.2 Å². The minimum atomic E-state index is -3.45. The fourth-order valence-corrected chi connectivity index (χ4v) is 4.76. The number of nitrogen functional groups attached to an aromatic ring is 1. The van der Waals surface area contributed by atoms with Gasteiger partial charge in [-0.15, -0.1) is 11.3 Å². The van der Waals surface area contributed by atoms with Crippen molar-refractivity contribution in [2.45, 2.75) is 25.0 Å². The number of thiazole rings is 1. The summed E-state index contributed by atoms with van der Waals surface area (Å²) in [7, 11) is -3.45. The van der Waals surface area contributed by atoms with Crippen molar-refractivity contribution in [3.05, 3.63) is 40.4 Å². The zero-order valence-corrected chi connectivity index (χ0v) is 12.4. The van der Waals surface area contributed by atoms with E-state index in [4.69, 9.17) is 5.73 Å². The van der Waals surface area contributed by atoms with Crippen LogP contribution in [-0.4, -0.2) is 13.4 Å². The van der Waals surface area contributed by atoms with Gasteiger partial charge in [0.25, 0.3) is 0 Å². The van der Waals surface area contributed by atoms with Gasteiger partial charge in [-0.3, -0.25) is 4.72 Å². The predicted octanol–water partition coefficient (Wildman–Crippen LogP) is 2.16. The summed E-state index contributed by atoms with van der Waals surface area (Å²) >= 11 is 1.44. The SMILES string of the molecule is Nc1cccc(CS(=O)(=O)Nc2nc3c(s2)CCC3)c1. The Morgan fingerprint density at radius 1 is 1.35 bits per heavy atom. The lowest BCUT2D eigenvalue weighted by atomic mass is 10.2. The molecule has 0 bridgehead atoms. The number of nitrogens with one attached hydrogen (secondary N) is 1. The van der Waals surface area contributed by atoms with E-state index < -0.39 is 10.0 Å². The number of benzene rings is 1. The number of nitrogens with zero attached hydrogens (tertiary/aromatic N) is 1. The van der Waals surface area contributed by atoms with E-state index in [1.54, 1.807) is 24.3 Å². The van der Waals surface area contributed by atoms with E-state index in [2.05, 4.69) is 9.71 Å². The van der Waals surface area contributed by atoms with Gasteiger partial charge >= 0.3 is 0 Å². The summed E-state index contributed by atoms with van der Waals surface area (Å²) in [6.45, 7) is 0. The summed E-state index contributed by atoms with van der Waals surface area (Å²) in [6, 6.07) is 6.89. The first-order valence-corrected chi connectivity index (χ1v) is 8.82. The molecule has 2 aromatic rings. The van der Waals surface area contributed by atoms with Crippen LogP contribution in [0.3, 0.4) is 0 Å². The molecular weight excluding hydrogens is 294 g/mol. The third-order valence-corrected chi connectivity index (χ3v) is 5.57. The van der Waals surface area contributed by atoms with Crippen LogP contribution in [0.5, 0.6) is 0 Å². The molecule has 0 aliphatic heterocycles. The number of sulfonamides is 1. The molecule has 1 aromatic heterocycles. The van der Waals surface area contributed by atoms with Gasteiger partial charge in [-0.2, -0.15) is 0 Å². The number of aryl methyl sites for hydroxylation is 2. The van der Waals surface area contributed by atoms with Gasteiger partial charge in [0, 0.05) is 10.6 Å². The Balaban J connectivity index is 1.75. The third kappa shape index (κ3) is 2.94. The molecule has 1 aromatic carbocycles. The van der Waals surface area contributed by atoms with Crippen LogP contribution in [0.2, 0.25) is 0 Å². The van der Waals surface area contributed by atoms with Crippen LogP contribution in [-0.2, 0) is 28.6 Å². The Morgan fingerprint density at radius 2 is 2.20 bits per heavy atom. The van der Waals surface area contributed by atoms with Gasteiger partial charge in [0.2, 0.25) is 10.0 Å². The second-order valence-electron chi connectivity index (χ2n) is 4.85. The number of nitrogens with two attached hydrogens (primary N) is 1. The van der Waals surface area contributed by atoms with Crippen molar-refractivity contribution < 1.29 is 8.42 Å². The molecule has 20 heavy (non-hydrogen) atoms. The first-order valence-electron chi connectivity index (χ1n) is 6.35. The van der Waals surface area contributed by atoms with Crippen LogP contribution in [0.25, 0.3) is 0 Å². The smallest absolute Gasteiger partial charge is 0.238 e. The van der Waals surface area contributed by atoms with Crippen LogP contribution in [0.4, 0.5) is 10.8 Å². The highest BCUT2D eigenvalue weighted by molar-refractivity contribution is 7.92. The first-order chi connectivity index (χ1) is 9.52. The quantitative estimate of drug-likeness (QED) is 0.848.